The third kappa shape index (κ3) is 13.0. The van der Waals surface area contributed by atoms with Gasteiger partial charge in [0.15, 0.2) is 11.5 Å². The molecule has 2 bridgehead atoms. The predicted molar refractivity (Wildman–Crippen MR) is 297 cm³/mol. The molecule has 7 N–H and O–H groups in total. The number of phenolic OH excluding ortho intramolecular Hbond substituents is 1. The monoisotopic (exact) mass is 1110 g/mol. The number of unbranched alkanes of at least 4 members (excludes halogenated alkanes) is 2. The van der Waals surface area contributed by atoms with Crippen molar-refractivity contribution in [2.24, 2.45) is 17.6 Å². The number of carbonyl (C=O) groups is 6. The fraction of sp³-hybridized carbons (Fsp3) is 0.593. The molecule has 428 valence electrons. The second kappa shape index (κ2) is 25.7. The molecule has 9 rings (SSSR count). The summed E-state index contributed by atoms with van der Waals surface area (Å²) in [5.41, 5.74) is 8.96. The van der Waals surface area contributed by atoms with E-state index in [4.69, 9.17) is 31.5 Å². The summed E-state index contributed by atoms with van der Waals surface area (Å²) in [5, 5.41) is 32.4. The molecule has 3 aromatic rings. The molecule has 5 atom stereocenters. The van der Waals surface area contributed by atoms with E-state index in [1.165, 1.54) is 5.56 Å². The van der Waals surface area contributed by atoms with E-state index in [1.807, 2.05) is 55.3 Å². The summed E-state index contributed by atoms with van der Waals surface area (Å²) in [4.78, 5) is 85.1. The number of ether oxygens (including phenoxy) is 3. The fourth-order valence-electron chi connectivity index (χ4n) is 13.4. The Balaban J connectivity index is 0.606. The first-order chi connectivity index (χ1) is 38.0. The van der Waals surface area contributed by atoms with Crippen LogP contribution in [0.15, 0.2) is 54.6 Å². The number of benzene rings is 3. The largest absolute Gasteiger partial charge is 0.504 e. The Kier molecular flexibility index (Phi) is 18.8. The highest BCUT2D eigenvalue weighted by Gasteiger charge is 2.72. The van der Waals surface area contributed by atoms with Crippen LogP contribution in [0.1, 0.15) is 103 Å². The van der Waals surface area contributed by atoms with Gasteiger partial charge in [-0.05, 0) is 177 Å². The maximum absolute atomic E-state index is 14.2. The second-order valence-corrected chi connectivity index (χ2v) is 23.2. The summed E-state index contributed by atoms with van der Waals surface area (Å²) in [7, 11) is 2.03. The summed E-state index contributed by atoms with van der Waals surface area (Å²) < 4.78 is 17.4. The number of phenols is 1. The smallest absolute Gasteiger partial charge is 0.248 e. The first kappa shape index (κ1) is 57.8. The number of likely N-dealkylation sites (tertiary alicyclic amines) is 3. The Morgan fingerprint density at radius 1 is 0.810 bits per heavy atom. The topological polar surface area (TPSA) is 246 Å². The minimum Gasteiger partial charge on any atom is -0.504 e. The molecule has 20 heteroatoms. The minimum absolute atomic E-state index is 0.0310. The van der Waals surface area contributed by atoms with E-state index in [-0.39, 0.29) is 67.8 Å². The van der Waals surface area contributed by atoms with E-state index in [1.54, 1.807) is 23.1 Å². The lowest BCUT2D eigenvalue weighted by Gasteiger charge is -2.63. The number of primary amides is 1. The number of aryl methyl sites for hydroxylation is 1. The first-order valence-corrected chi connectivity index (χ1v) is 28.8. The first-order valence-electron chi connectivity index (χ1n) is 28.4. The molecule has 0 aromatic heterocycles. The molecular formula is C59H79ClN8O11. The Morgan fingerprint density at radius 3 is 2.18 bits per heavy atom. The van der Waals surface area contributed by atoms with Crippen LogP contribution in [0.4, 0.5) is 5.69 Å². The zero-order chi connectivity index (χ0) is 55.8. The van der Waals surface area contributed by atoms with Gasteiger partial charge in [0.05, 0.1) is 17.1 Å². The van der Waals surface area contributed by atoms with Gasteiger partial charge in [-0.25, -0.2) is 0 Å². The predicted octanol–water partition coefficient (Wildman–Crippen LogP) is 3.77. The zero-order valence-corrected chi connectivity index (χ0v) is 46.5. The lowest BCUT2D eigenvalue weighted by Crippen LogP contribution is -2.77. The summed E-state index contributed by atoms with van der Waals surface area (Å²) in [5.74, 6) is -0.928. The van der Waals surface area contributed by atoms with Crippen molar-refractivity contribution in [3.63, 3.8) is 0 Å². The van der Waals surface area contributed by atoms with Gasteiger partial charge in [-0.15, -0.1) is 0 Å². The fourth-order valence-corrected chi connectivity index (χ4v) is 13.6. The van der Waals surface area contributed by atoms with Gasteiger partial charge in [0.25, 0.3) is 0 Å². The van der Waals surface area contributed by atoms with Crippen LogP contribution < -0.4 is 31.3 Å². The molecule has 0 unspecified atom stereocenters. The minimum atomic E-state index is -1.06. The van der Waals surface area contributed by atoms with Gasteiger partial charge >= 0.3 is 0 Å². The summed E-state index contributed by atoms with van der Waals surface area (Å²) in [6.07, 6.45) is 8.76. The van der Waals surface area contributed by atoms with Crippen LogP contribution in [0.3, 0.4) is 0 Å². The molecule has 0 radical (unpaired) electrons. The Labute approximate surface area is 468 Å². The van der Waals surface area contributed by atoms with Crippen LogP contribution in [0.25, 0.3) is 0 Å². The Bertz CT molecular complexity index is 2700. The number of nitrogens with two attached hydrogens (primary N) is 1. The van der Waals surface area contributed by atoms with Crippen LogP contribution >= 0.6 is 11.6 Å². The van der Waals surface area contributed by atoms with Crippen LogP contribution in [-0.2, 0) is 51.7 Å². The van der Waals surface area contributed by atoms with Crippen molar-refractivity contribution < 1.29 is 53.2 Å². The second-order valence-electron chi connectivity index (χ2n) is 22.8. The number of nitrogens with one attached hydrogen (secondary N) is 3. The maximum Gasteiger partial charge on any atom is 0.248 e. The molecule has 6 aliphatic rings. The molecule has 2 aliphatic carbocycles. The number of aromatic hydroxyl groups is 1. The molecular weight excluding hydrogens is 1030 g/mol. The standard InChI is InChI=1S/C59H79ClN8O11/c1-38-7-13-44(33-45(38)60)68(25-6-24-66-26-16-40(17-27-66)31-39-8-10-41(11-9-39)56(61)74)57(75)42-18-28-67(29-19-42)52(73)37-78-35-50(71)63-23-5-3-4-22-62-49(70)34-77-36-51(72)64-46-15-20-59(76)48-32-43-12-14-47(69)54-53(43)58(59,55(46)79-54)21-30-65(48)2/h7-14,33,40,42,46,48,55,69,76H,3-6,15-32,34-37H2,1-2H3,(H2,61,74)(H,62,70)(H,63,71)(H,64,72)/t46-,48+,55-,58-,59+/m0/s1. The van der Waals surface area contributed by atoms with Gasteiger partial charge in [-0.3, -0.25) is 28.8 Å². The number of halogens is 1. The highest BCUT2D eigenvalue weighted by atomic mass is 35.5. The van der Waals surface area contributed by atoms with E-state index < -0.39 is 35.0 Å². The number of nitrogens with zero attached hydrogens (tertiary/aromatic N) is 4. The normalized spacial score (nSPS) is 23.8. The maximum atomic E-state index is 14.2. The number of anilines is 1. The van der Waals surface area contributed by atoms with Crippen molar-refractivity contribution in [3.05, 3.63) is 87.4 Å². The number of hydrogen-bond donors (Lipinski definition) is 6. The third-order valence-electron chi connectivity index (χ3n) is 17.8. The van der Waals surface area contributed by atoms with Crippen LogP contribution in [0, 0.1) is 18.8 Å². The SMILES string of the molecule is Cc1ccc(N(CCCN2CCC(Cc3ccc(C(N)=O)cc3)CC2)C(=O)C2CCN(C(=O)COCC(=O)NCCCCCNC(=O)COCC(=O)N[C@H]3CC[C@@]4(O)[C@H]5Cc6ccc(O)c7c6[C@@]4(CCN5C)[C@H]3O7)CC2)cc1Cl. The molecule has 6 amide bonds. The molecule has 4 fully saturated rings. The van der Waals surface area contributed by atoms with E-state index in [0.717, 1.165) is 80.7 Å². The third-order valence-corrected chi connectivity index (χ3v) is 18.2. The highest BCUT2D eigenvalue weighted by Crippen LogP contribution is 2.65. The Morgan fingerprint density at radius 2 is 1.49 bits per heavy atom. The molecule has 4 heterocycles. The van der Waals surface area contributed by atoms with Gasteiger partial charge < -0.3 is 65.7 Å². The van der Waals surface area contributed by atoms with Crippen LogP contribution in [0.5, 0.6) is 11.5 Å². The molecule has 3 saturated heterocycles. The molecule has 3 aromatic carbocycles. The number of amides is 6. The van der Waals surface area contributed by atoms with Gasteiger partial charge in [0.1, 0.15) is 32.5 Å². The van der Waals surface area contributed by atoms with Gasteiger partial charge in [-0.1, -0.05) is 35.9 Å². The highest BCUT2D eigenvalue weighted by molar-refractivity contribution is 6.31. The van der Waals surface area contributed by atoms with E-state index in [0.29, 0.717) is 106 Å². The molecule has 4 aliphatic heterocycles. The number of carbonyl (C=O) groups excluding carboxylic acids is 6. The van der Waals surface area contributed by atoms with E-state index in [9.17, 15) is 39.0 Å². The van der Waals surface area contributed by atoms with Crippen LogP contribution in [0.2, 0.25) is 5.02 Å². The summed E-state index contributed by atoms with van der Waals surface area (Å²) in [6.45, 7) is 6.63. The van der Waals surface area contributed by atoms with Crippen molar-refractivity contribution >= 4 is 52.7 Å². The quantitative estimate of drug-likeness (QED) is 0.0701. The number of aliphatic hydroxyl groups is 1. The van der Waals surface area contributed by atoms with Gasteiger partial charge in [-0.2, -0.15) is 0 Å². The molecule has 79 heavy (non-hydrogen) atoms. The van der Waals surface area contributed by atoms with Crippen molar-refractivity contribution in [1.82, 2.24) is 30.7 Å². The number of likely N-dealkylation sites (N-methyl/N-ethyl adjacent to an activating group) is 1. The molecule has 1 saturated carbocycles. The Hall–Kier alpha value is -5.83. The molecule has 1 spiro atoms. The number of piperidine rings is 3. The average molecular weight is 1110 g/mol. The van der Waals surface area contributed by atoms with Crippen molar-refractivity contribution in [1.29, 1.82) is 0 Å². The molecule has 19 nitrogen and oxygen atoms in total. The lowest BCUT2D eigenvalue weighted by atomic mass is 9.48. The summed E-state index contributed by atoms with van der Waals surface area (Å²) in [6, 6.07) is 16.4. The van der Waals surface area contributed by atoms with Gasteiger partial charge in [0, 0.05) is 66.5 Å². The van der Waals surface area contributed by atoms with Crippen molar-refractivity contribution in [2.75, 3.05) is 97.3 Å². The zero-order valence-electron chi connectivity index (χ0n) is 45.8. The van der Waals surface area contributed by atoms with E-state index >= 15 is 0 Å². The van der Waals surface area contributed by atoms with Crippen LogP contribution in [-0.4, -0.2) is 177 Å². The van der Waals surface area contributed by atoms with Gasteiger partial charge in [0.2, 0.25) is 35.4 Å². The number of hydrogen-bond acceptors (Lipinski definition) is 13. The average Bonchev–Trinajstić information content (AvgIpc) is 4.07. The van der Waals surface area contributed by atoms with Crippen molar-refractivity contribution in [3.8, 4) is 11.5 Å². The van der Waals surface area contributed by atoms with E-state index in [2.05, 4.69) is 25.8 Å². The number of rotatable bonds is 24. The lowest BCUT2D eigenvalue weighted by molar-refractivity contribution is -0.187. The summed E-state index contributed by atoms with van der Waals surface area (Å²) >= 11 is 6.56. The van der Waals surface area contributed by atoms with Crippen molar-refractivity contribution in [2.45, 2.75) is 120 Å².